The Hall–Kier alpha value is -2.27. The quantitative estimate of drug-likeness (QED) is 0.770. The molecular weight excluding hydrogens is 312 g/mol. The van der Waals surface area contributed by atoms with E-state index in [1.54, 1.807) is 0 Å². The molecule has 0 amide bonds. The van der Waals surface area contributed by atoms with Gasteiger partial charge in [0, 0.05) is 30.6 Å². The van der Waals surface area contributed by atoms with Crippen molar-refractivity contribution in [1.82, 2.24) is 9.88 Å². The lowest BCUT2D eigenvalue weighted by Crippen LogP contribution is -2.38. The molecule has 0 aliphatic carbocycles. The molecule has 128 valence electrons. The summed E-state index contributed by atoms with van der Waals surface area (Å²) in [5.74, 6) is 0.0199. The third-order valence-corrected chi connectivity index (χ3v) is 5.23. The molecule has 0 spiro atoms. The standard InChI is InChI=1S/C21H22N2O2/c24-14-20-21(25)18(15-6-2-1-3-7-15)13-23(20)12-16-10-11-22-19-9-5-4-8-17(16)19/h1-11,18,20-21,24-25H,12-14H2/t18-,20-,21-/m1/s1. The Morgan fingerprint density at radius 3 is 2.56 bits per heavy atom. The van der Waals surface area contributed by atoms with Crippen LogP contribution in [-0.4, -0.2) is 45.4 Å². The highest BCUT2D eigenvalue weighted by atomic mass is 16.3. The van der Waals surface area contributed by atoms with E-state index in [0.717, 1.165) is 23.0 Å². The van der Waals surface area contributed by atoms with Crippen LogP contribution >= 0.6 is 0 Å². The number of nitrogens with zero attached hydrogens (tertiary/aromatic N) is 2. The number of rotatable bonds is 4. The van der Waals surface area contributed by atoms with Gasteiger partial charge in [0.2, 0.25) is 0 Å². The third-order valence-electron chi connectivity index (χ3n) is 5.23. The molecule has 4 nitrogen and oxygen atoms in total. The SMILES string of the molecule is OC[C@@H]1[C@H](O)[C@@H](c2ccccc2)CN1Cc1ccnc2ccccc12. The Kier molecular flexibility index (Phi) is 4.49. The second-order valence-electron chi connectivity index (χ2n) is 6.67. The first-order valence-electron chi connectivity index (χ1n) is 8.68. The molecule has 3 atom stereocenters. The second-order valence-corrected chi connectivity index (χ2v) is 6.67. The predicted octanol–water partition coefficient (Wildman–Crippen LogP) is 2.56. The fourth-order valence-corrected chi connectivity index (χ4v) is 3.90. The molecule has 1 fully saturated rings. The Bertz CT molecular complexity index is 847. The van der Waals surface area contributed by atoms with Gasteiger partial charge in [-0.2, -0.15) is 0 Å². The summed E-state index contributed by atoms with van der Waals surface area (Å²) in [6.45, 7) is 1.37. The van der Waals surface area contributed by atoms with E-state index in [-0.39, 0.29) is 18.6 Å². The minimum atomic E-state index is -0.569. The molecule has 2 heterocycles. The van der Waals surface area contributed by atoms with E-state index in [4.69, 9.17) is 0 Å². The Morgan fingerprint density at radius 2 is 1.76 bits per heavy atom. The zero-order chi connectivity index (χ0) is 17.2. The van der Waals surface area contributed by atoms with Gasteiger partial charge in [-0.1, -0.05) is 48.5 Å². The van der Waals surface area contributed by atoms with Crippen LogP contribution in [0.3, 0.4) is 0 Å². The average molecular weight is 334 g/mol. The third kappa shape index (κ3) is 3.04. The summed E-state index contributed by atoms with van der Waals surface area (Å²) in [7, 11) is 0. The summed E-state index contributed by atoms with van der Waals surface area (Å²) >= 11 is 0. The molecule has 4 rings (SSSR count). The van der Waals surface area contributed by atoms with Gasteiger partial charge in [0.25, 0.3) is 0 Å². The number of para-hydroxylation sites is 1. The number of benzene rings is 2. The molecule has 1 saturated heterocycles. The monoisotopic (exact) mass is 334 g/mol. The summed E-state index contributed by atoms with van der Waals surface area (Å²) in [5.41, 5.74) is 3.26. The minimum absolute atomic E-state index is 0.0199. The van der Waals surface area contributed by atoms with Gasteiger partial charge in [0.05, 0.1) is 24.3 Å². The predicted molar refractivity (Wildman–Crippen MR) is 98.2 cm³/mol. The van der Waals surface area contributed by atoms with Crippen molar-refractivity contribution in [3.05, 3.63) is 78.0 Å². The van der Waals surface area contributed by atoms with Crippen molar-refractivity contribution < 1.29 is 10.2 Å². The molecule has 1 aromatic heterocycles. The minimum Gasteiger partial charge on any atom is -0.395 e. The lowest BCUT2D eigenvalue weighted by Gasteiger charge is -2.24. The van der Waals surface area contributed by atoms with Crippen LogP contribution in [0.1, 0.15) is 17.0 Å². The summed E-state index contributed by atoms with van der Waals surface area (Å²) in [4.78, 5) is 6.60. The van der Waals surface area contributed by atoms with Crippen LogP contribution in [0.5, 0.6) is 0 Å². The topological polar surface area (TPSA) is 56.6 Å². The zero-order valence-electron chi connectivity index (χ0n) is 14.0. The van der Waals surface area contributed by atoms with Crippen molar-refractivity contribution in [2.45, 2.75) is 24.6 Å². The molecule has 1 aliphatic rings. The highest BCUT2D eigenvalue weighted by molar-refractivity contribution is 5.81. The normalized spacial score (nSPS) is 24.0. The summed E-state index contributed by atoms with van der Waals surface area (Å²) in [5, 5.41) is 21.7. The molecule has 25 heavy (non-hydrogen) atoms. The van der Waals surface area contributed by atoms with Crippen LogP contribution < -0.4 is 0 Å². The average Bonchev–Trinajstić information content (AvgIpc) is 2.98. The van der Waals surface area contributed by atoms with E-state index in [2.05, 4.69) is 16.0 Å². The zero-order valence-corrected chi connectivity index (χ0v) is 14.0. The molecule has 2 N–H and O–H groups in total. The van der Waals surface area contributed by atoms with E-state index >= 15 is 0 Å². The van der Waals surface area contributed by atoms with Crippen LogP contribution in [-0.2, 0) is 6.54 Å². The van der Waals surface area contributed by atoms with Crippen molar-refractivity contribution in [2.24, 2.45) is 0 Å². The van der Waals surface area contributed by atoms with Gasteiger partial charge < -0.3 is 10.2 Å². The maximum absolute atomic E-state index is 10.7. The molecule has 1 aliphatic heterocycles. The number of aliphatic hydroxyl groups is 2. The van der Waals surface area contributed by atoms with Crippen LogP contribution in [0.15, 0.2) is 66.9 Å². The lowest BCUT2D eigenvalue weighted by atomic mass is 9.94. The van der Waals surface area contributed by atoms with E-state index in [9.17, 15) is 10.2 Å². The van der Waals surface area contributed by atoms with Crippen LogP contribution in [0.25, 0.3) is 10.9 Å². The molecule has 0 radical (unpaired) electrons. The molecule has 0 unspecified atom stereocenters. The molecular formula is C21H22N2O2. The molecule has 0 bridgehead atoms. The van der Waals surface area contributed by atoms with Crippen LogP contribution in [0.4, 0.5) is 0 Å². The molecule has 4 heteroatoms. The first-order chi connectivity index (χ1) is 12.3. The van der Waals surface area contributed by atoms with Gasteiger partial charge in [-0.05, 0) is 23.3 Å². The summed E-state index contributed by atoms with van der Waals surface area (Å²) in [6, 6.07) is 19.9. The number of hydrogen-bond acceptors (Lipinski definition) is 4. The molecule has 2 aromatic carbocycles. The first kappa shape index (κ1) is 16.2. The van der Waals surface area contributed by atoms with Gasteiger partial charge in [-0.25, -0.2) is 0 Å². The fraction of sp³-hybridized carbons (Fsp3) is 0.286. The summed E-state index contributed by atoms with van der Waals surface area (Å²) in [6.07, 6.45) is 1.26. The number of hydrogen-bond donors (Lipinski definition) is 2. The molecule has 0 saturated carbocycles. The van der Waals surface area contributed by atoms with E-state index in [1.807, 2.05) is 60.8 Å². The van der Waals surface area contributed by atoms with Crippen LogP contribution in [0, 0.1) is 0 Å². The number of likely N-dealkylation sites (tertiary alicyclic amines) is 1. The van der Waals surface area contributed by atoms with Gasteiger partial charge in [0.15, 0.2) is 0 Å². The maximum atomic E-state index is 10.7. The number of pyridine rings is 1. The van der Waals surface area contributed by atoms with Crippen molar-refractivity contribution in [2.75, 3.05) is 13.2 Å². The smallest absolute Gasteiger partial charge is 0.0798 e. The van der Waals surface area contributed by atoms with Gasteiger partial charge in [-0.3, -0.25) is 9.88 Å². The Morgan fingerprint density at radius 1 is 1.00 bits per heavy atom. The number of aromatic nitrogens is 1. The Balaban J connectivity index is 1.63. The van der Waals surface area contributed by atoms with Gasteiger partial charge in [0.1, 0.15) is 0 Å². The van der Waals surface area contributed by atoms with Crippen molar-refractivity contribution in [1.29, 1.82) is 0 Å². The van der Waals surface area contributed by atoms with Crippen LogP contribution in [0.2, 0.25) is 0 Å². The fourth-order valence-electron chi connectivity index (χ4n) is 3.90. The number of fused-ring (bicyclic) bond motifs is 1. The second kappa shape index (κ2) is 6.92. The first-order valence-corrected chi connectivity index (χ1v) is 8.68. The highest BCUT2D eigenvalue weighted by Gasteiger charge is 2.40. The summed E-state index contributed by atoms with van der Waals surface area (Å²) < 4.78 is 0. The lowest BCUT2D eigenvalue weighted by molar-refractivity contribution is 0.0642. The largest absolute Gasteiger partial charge is 0.395 e. The van der Waals surface area contributed by atoms with E-state index in [1.165, 1.54) is 5.56 Å². The van der Waals surface area contributed by atoms with Gasteiger partial charge >= 0.3 is 0 Å². The van der Waals surface area contributed by atoms with E-state index < -0.39 is 6.10 Å². The number of aliphatic hydroxyl groups excluding tert-OH is 2. The highest BCUT2D eigenvalue weighted by Crippen LogP contribution is 2.33. The van der Waals surface area contributed by atoms with Crippen molar-refractivity contribution in [3.63, 3.8) is 0 Å². The van der Waals surface area contributed by atoms with E-state index in [0.29, 0.717) is 6.54 Å². The Labute approximate surface area is 147 Å². The van der Waals surface area contributed by atoms with Crippen molar-refractivity contribution in [3.8, 4) is 0 Å². The molecule has 3 aromatic rings. The van der Waals surface area contributed by atoms with Crippen molar-refractivity contribution >= 4 is 10.9 Å². The van der Waals surface area contributed by atoms with Gasteiger partial charge in [-0.15, -0.1) is 0 Å². The maximum Gasteiger partial charge on any atom is 0.0798 e.